The molecule has 29 heavy (non-hydrogen) atoms. The van der Waals surface area contributed by atoms with E-state index in [4.69, 9.17) is 5.73 Å². The van der Waals surface area contributed by atoms with E-state index in [0.29, 0.717) is 11.6 Å². The van der Waals surface area contributed by atoms with Gasteiger partial charge in [0.1, 0.15) is 5.69 Å². The van der Waals surface area contributed by atoms with Gasteiger partial charge in [0.05, 0.1) is 4.92 Å². The molecule has 2 aromatic rings. The summed E-state index contributed by atoms with van der Waals surface area (Å²) >= 11 is 0. The second kappa shape index (κ2) is 10.2. The van der Waals surface area contributed by atoms with Crippen molar-refractivity contribution in [1.82, 2.24) is 5.32 Å². The monoisotopic (exact) mass is 418 g/mol. The Labute approximate surface area is 176 Å². The van der Waals surface area contributed by atoms with Crippen LogP contribution in [-0.4, -0.2) is 30.5 Å². The first kappa shape index (κ1) is 22.6. The standard InChI is InChI=1S/C21H26N4O3.ClH/c1-15-9-11-24(12-10-15)19-8-7-17(13-20(19)25(27)28)21(26)23-14-18(22)16-5-3-2-4-6-16;/h2-8,13,15,18H,9-12,14,22H2,1H3,(H,23,26);1H. The Hall–Kier alpha value is -2.64. The lowest BCUT2D eigenvalue weighted by molar-refractivity contribution is -0.384. The number of halogens is 1. The molecule has 0 bridgehead atoms. The summed E-state index contributed by atoms with van der Waals surface area (Å²) in [5.74, 6) is 0.266. The van der Waals surface area contributed by atoms with Crippen molar-refractivity contribution in [2.24, 2.45) is 11.7 Å². The van der Waals surface area contributed by atoms with Gasteiger partial charge >= 0.3 is 0 Å². The summed E-state index contributed by atoms with van der Waals surface area (Å²) in [5.41, 5.74) is 7.83. The Bertz CT molecular complexity index is 839. The van der Waals surface area contributed by atoms with Crippen molar-refractivity contribution >= 4 is 29.7 Å². The quantitative estimate of drug-likeness (QED) is 0.550. The first-order valence-electron chi connectivity index (χ1n) is 9.58. The lowest BCUT2D eigenvalue weighted by Crippen LogP contribution is -2.33. The summed E-state index contributed by atoms with van der Waals surface area (Å²) < 4.78 is 0. The van der Waals surface area contributed by atoms with Crippen molar-refractivity contribution in [3.05, 3.63) is 69.8 Å². The van der Waals surface area contributed by atoms with Crippen LogP contribution in [0.15, 0.2) is 48.5 Å². The molecule has 1 heterocycles. The van der Waals surface area contributed by atoms with Crippen LogP contribution in [0.3, 0.4) is 0 Å². The van der Waals surface area contributed by atoms with Gasteiger partial charge in [-0.2, -0.15) is 0 Å². The average Bonchev–Trinajstić information content (AvgIpc) is 2.72. The highest BCUT2D eigenvalue weighted by Gasteiger charge is 2.24. The van der Waals surface area contributed by atoms with Crippen LogP contribution >= 0.6 is 12.4 Å². The van der Waals surface area contributed by atoms with Gasteiger partial charge in [-0.25, -0.2) is 0 Å². The van der Waals surface area contributed by atoms with Gasteiger partial charge < -0.3 is 16.0 Å². The molecule has 0 radical (unpaired) electrons. The van der Waals surface area contributed by atoms with E-state index in [1.165, 1.54) is 6.07 Å². The van der Waals surface area contributed by atoms with Crippen LogP contribution in [0.5, 0.6) is 0 Å². The number of nitrogens with zero attached hydrogens (tertiary/aromatic N) is 2. The number of hydrogen-bond acceptors (Lipinski definition) is 5. The van der Waals surface area contributed by atoms with E-state index in [1.54, 1.807) is 12.1 Å². The number of nitrogens with two attached hydrogens (primary N) is 1. The molecule has 156 valence electrons. The van der Waals surface area contributed by atoms with E-state index in [1.807, 2.05) is 35.2 Å². The number of amides is 1. The number of anilines is 1. The van der Waals surface area contributed by atoms with E-state index >= 15 is 0 Å². The van der Waals surface area contributed by atoms with Gasteiger partial charge in [0.25, 0.3) is 11.6 Å². The maximum atomic E-state index is 12.5. The summed E-state index contributed by atoms with van der Waals surface area (Å²) in [5, 5.41) is 14.3. The van der Waals surface area contributed by atoms with Crippen molar-refractivity contribution < 1.29 is 9.72 Å². The van der Waals surface area contributed by atoms with E-state index in [2.05, 4.69) is 12.2 Å². The van der Waals surface area contributed by atoms with Crippen LogP contribution in [0, 0.1) is 16.0 Å². The minimum atomic E-state index is -0.417. The number of piperidine rings is 1. The van der Waals surface area contributed by atoms with E-state index in [0.717, 1.165) is 31.5 Å². The minimum absolute atomic E-state index is 0. The van der Waals surface area contributed by atoms with Crippen molar-refractivity contribution in [2.45, 2.75) is 25.8 Å². The molecule has 3 N–H and O–H groups in total. The highest BCUT2D eigenvalue weighted by atomic mass is 35.5. The van der Waals surface area contributed by atoms with E-state index in [9.17, 15) is 14.9 Å². The number of nitrogens with one attached hydrogen (secondary N) is 1. The number of nitro benzene ring substituents is 1. The fourth-order valence-corrected chi connectivity index (χ4v) is 3.45. The molecular weight excluding hydrogens is 392 g/mol. The fourth-order valence-electron chi connectivity index (χ4n) is 3.45. The van der Waals surface area contributed by atoms with Gasteiger partial charge in [0, 0.05) is 37.3 Å². The third-order valence-electron chi connectivity index (χ3n) is 5.27. The van der Waals surface area contributed by atoms with Gasteiger partial charge in [0.2, 0.25) is 0 Å². The van der Waals surface area contributed by atoms with Gasteiger partial charge in [-0.05, 0) is 36.5 Å². The molecule has 1 aliphatic rings. The van der Waals surface area contributed by atoms with Crippen LogP contribution in [0.1, 0.15) is 41.7 Å². The normalized spacial score (nSPS) is 15.3. The number of rotatable bonds is 6. The first-order chi connectivity index (χ1) is 13.5. The molecule has 7 nitrogen and oxygen atoms in total. The molecule has 0 aromatic heterocycles. The summed E-state index contributed by atoms with van der Waals surface area (Å²) in [4.78, 5) is 25.7. The van der Waals surface area contributed by atoms with Gasteiger partial charge in [-0.3, -0.25) is 14.9 Å². The van der Waals surface area contributed by atoms with Crippen LogP contribution in [0.2, 0.25) is 0 Å². The molecule has 0 aliphatic carbocycles. The van der Waals surface area contributed by atoms with Crippen LogP contribution in [0.25, 0.3) is 0 Å². The molecule has 1 unspecified atom stereocenters. The molecular formula is C21H27ClN4O3. The topological polar surface area (TPSA) is 102 Å². The Morgan fingerprint density at radius 3 is 2.52 bits per heavy atom. The Kier molecular flexibility index (Phi) is 7.99. The molecule has 1 amide bonds. The largest absolute Gasteiger partial charge is 0.366 e. The fraction of sp³-hybridized carbons (Fsp3) is 0.381. The second-order valence-corrected chi connectivity index (χ2v) is 7.36. The lowest BCUT2D eigenvalue weighted by atomic mass is 9.98. The van der Waals surface area contributed by atoms with Gasteiger partial charge in [-0.1, -0.05) is 37.3 Å². The molecule has 2 aromatic carbocycles. The van der Waals surface area contributed by atoms with Gasteiger partial charge in [-0.15, -0.1) is 12.4 Å². The number of nitro groups is 1. The number of benzene rings is 2. The molecule has 0 saturated carbocycles. The van der Waals surface area contributed by atoms with Crippen molar-refractivity contribution in [3.63, 3.8) is 0 Å². The zero-order valence-corrected chi connectivity index (χ0v) is 17.2. The zero-order chi connectivity index (χ0) is 20.1. The highest BCUT2D eigenvalue weighted by Crippen LogP contribution is 2.32. The predicted molar refractivity (Wildman–Crippen MR) is 117 cm³/mol. The van der Waals surface area contributed by atoms with Gasteiger partial charge in [0.15, 0.2) is 0 Å². The van der Waals surface area contributed by atoms with Crippen molar-refractivity contribution in [1.29, 1.82) is 0 Å². The molecule has 0 spiro atoms. The van der Waals surface area contributed by atoms with E-state index in [-0.39, 0.29) is 42.2 Å². The Balaban J connectivity index is 0.00000300. The van der Waals surface area contributed by atoms with Crippen LogP contribution in [0.4, 0.5) is 11.4 Å². The molecule has 3 rings (SSSR count). The molecule has 1 fully saturated rings. The average molecular weight is 419 g/mol. The molecule has 1 atom stereocenters. The SMILES string of the molecule is CC1CCN(c2ccc(C(=O)NCC(N)c3ccccc3)cc2[N+](=O)[O-])CC1.Cl. The molecule has 8 heteroatoms. The summed E-state index contributed by atoms with van der Waals surface area (Å²) in [6.45, 7) is 4.03. The van der Waals surface area contributed by atoms with Crippen molar-refractivity contribution in [2.75, 3.05) is 24.5 Å². The molecule has 1 aliphatic heterocycles. The van der Waals surface area contributed by atoms with E-state index < -0.39 is 4.92 Å². The number of hydrogen-bond donors (Lipinski definition) is 2. The highest BCUT2D eigenvalue weighted by molar-refractivity contribution is 5.95. The second-order valence-electron chi connectivity index (χ2n) is 7.36. The maximum Gasteiger partial charge on any atom is 0.293 e. The minimum Gasteiger partial charge on any atom is -0.366 e. The van der Waals surface area contributed by atoms with Crippen LogP contribution in [-0.2, 0) is 0 Å². The Morgan fingerprint density at radius 1 is 1.24 bits per heavy atom. The first-order valence-corrected chi connectivity index (χ1v) is 9.58. The zero-order valence-electron chi connectivity index (χ0n) is 16.4. The third kappa shape index (κ3) is 5.68. The number of carbonyl (C=O) groups is 1. The predicted octanol–water partition coefficient (Wildman–Crippen LogP) is 3.68. The maximum absolute atomic E-state index is 12.5. The van der Waals surface area contributed by atoms with Crippen LogP contribution < -0.4 is 16.0 Å². The summed E-state index contributed by atoms with van der Waals surface area (Å²) in [6, 6.07) is 13.8. The number of carbonyl (C=O) groups excluding carboxylic acids is 1. The van der Waals surface area contributed by atoms with Crippen molar-refractivity contribution in [3.8, 4) is 0 Å². The molecule has 1 saturated heterocycles. The smallest absolute Gasteiger partial charge is 0.293 e. The Morgan fingerprint density at radius 2 is 1.90 bits per heavy atom. The summed E-state index contributed by atoms with van der Waals surface area (Å²) in [7, 11) is 0. The lowest BCUT2D eigenvalue weighted by Gasteiger charge is -2.31. The summed E-state index contributed by atoms with van der Waals surface area (Å²) in [6.07, 6.45) is 2.02. The third-order valence-corrected chi connectivity index (χ3v) is 5.27.